The average Bonchev–Trinajstić information content (AvgIpc) is 2.87. The van der Waals surface area contributed by atoms with E-state index in [1.165, 1.54) is 12.5 Å². The zero-order valence-corrected chi connectivity index (χ0v) is 11.0. The Labute approximate surface area is 115 Å². The standard InChI is InChI=1S/C12H17N3O5/c1-7(2-3-10(16)17)11(18)15-9(12(19)20)4-8-5-13-6-14-8/h5-7,9H,2-4H2,1H3,(H,13,14)(H,15,18)(H,16,17)(H,19,20)/t7?,9-/m0/s1. The Kier molecular flexibility index (Phi) is 5.70. The summed E-state index contributed by atoms with van der Waals surface area (Å²) in [6, 6.07) is -1.07. The van der Waals surface area contributed by atoms with Gasteiger partial charge in [0.1, 0.15) is 6.04 Å². The predicted molar refractivity (Wildman–Crippen MR) is 67.9 cm³/mol. The zero-order chi connectivity index (χ0) is 15.1. The van der Waals surface area contributed by atoms with E-state index in [-0.39, 0.29) is 19.3 Å². The van der Waals surface area contributed by atoms with E-state index in [1.807, 2.05) is 0 Å². The van der Waals surface area contributed by atoms with Crippen LogP contribution in [-0.2, 0) is 20.8 Å². The molecule has 110 valence electrons. The maximum atomic E-state index is 11.8. The van der Waals surface area contributed by atoms with Crippen molar-refractivity contribution in [2.24, 2.45) is 5.92 Å². The maximum absolute atomic E-state index is 11.8. The van der Waals surface area contributed by atoms with Gasteiger partial charge in [-0.3, -0.25) is 9.59 Å². The predicted octanol–water partition coefficient (Wildman–Crippen LogP) is 0.0225. The van der Waals surface area contributed by atoms with Gasteiger partial charge in [0.2, 0.25) is 5.91 Å². The summed E-state index contributed by atoms with van der Waals surface area (Å²) in [4.78, 5) is 39.9. The van der Waals surface area contributed by atoms with E-state index in [0.29, 0.717) is 5.69 Å². The fourth-order valence-electron chi connectivity index (χ4n) is 1.60. The van der Waals surface area contributed by atoms with Crippen molar-refractivity contribution in [1.82, 2.24) is 15.3 Å². The Balaban J connectivity index is 2.54. The summed E-state index contributed by atoms with van der Waals surface area (Å²) < 4.78 is 0. The minimum absolute atomic E-state index is 0.0900. The second kappa shape index (κ2) is 7.27. The molecule has 20 heavy (non-hydrogen) atoms. The van der Waals surface area contributed by atoms with Gasteiger partial charge in [-0.1, -0.05) is 6.92 Å². The van der Waals surface area contributed by atoms with Crippen LogP contribution < -0.4 is 5.32 Å². The summed E-state index contributed by atoms with van der Waals surface area (Å²) in [5.41, 5.74) is 0.593. The number of hydrogen-bond acceptors (Lipinski definition) is 4. The van der Waals surface area contributed by atoms with E-state index >= 15 is 0 Å². The minimum Gasteiger partial charge on any atom is -0.481 e. The lowest BCUT2D eigenvalue weighted by atomic mass is 10.0. The first-order valence-electron chi connectivity index (χ1n) is 6.12. The molecule has 1 rings (SSSR count). The first-order valence-corrected chi connectivity index (χ1v) is 6.12. The zero-order valence-electron chi connectivity index (χ0n) is 11.0. The van der Waals surface area contributed by atoms with E-state index in [4.69, 9.17) is 10.2 Å². The van der Waals surface area contributed by atoms with Crippen LogP contribution in [0.5, 0.6) is 0 Å². The van der Waals surface area contributed by atoms with Crippen LogP contribution in [0.1, 0.15) is 25.5 Å². The summed E-state index contributed by atoms with van der Waals surface area (Å²) in [5.74, 6) is -3.18. The van der Waals surface area contributed by atoms with Crippen LogP contribution >= 0.6 is 0 Å². The molecule has 1 amide bonds. The SMILES string of the molecule is CC(CCC(=O)O)C(=O)N[C@@H](Cc1cnc[nH]1)C(=O)O. The molecule has 1 aromatic heterocycles. The number of imidazole rings is 1. The number of carboxylic acids is 2. The minimum atomic E-state index is -1.15. The molecule has 0 saturated heterocycles. The molecule has 4 N–H and O–H groups in total. The monoisotopic (exact) mass is 283 g/mol. The molecule has 8 heteroatoms. The van der Waals surface area contributed by atoms with Crippen molar-refractivity contribution in [3.8, 4) is 0 Å². The van der Waals surface area contributed by atoms with Crippen molar-refractivity contribution in [2.45, 2.75) is 32.2 Å². The van der Waals surface area contributed by atoms with Crippen LogP contribution in [0.15, 0.2) is 12.5 Å². The van der Waals surface area contributed by atoms with Crippen molar-refractivity contribution >= 4 is 17.8 Å². The van der Waals surface area contributed by atoms with E-state index < -0.39 is 29.8 Å². The summed E-state index contributed by atoms with van der Waals surface area (Å²) in [7, 11) is 0. The van der Waals surface area contributed by atoms with Crippen molar-refractivity contribution in [3.05, 3.63) is 18.2 Å². The molecule has 0 spiro atoms. The molecule has 0 aliphatic rings. The second-order valence-corrected chi connectivity index (χ2v) is 4.51. The highest BCUT2D eigenvalue weighted by Crippen LogP contribution is 2.07. The molecular weight excluding hydrogens is 266 g/mol. The number of aromatic nitrogens is 2. The number of hydrogen-bond donors (Lipinski definition) is 4. The third kappa shape index (κ3) is 5.09. The lowest BCUT2D eigenvalue weighted by Crippen LogP contribution is -2.44. The molecule has 0 fully saturated rings. The van der Waals surface area contributed by atoms with E-state index in [0.717, 1.165) is 0 Å². The molecule has 1 heterocycles. The first kappa shape index (κ1) is 15.7. The number of rotatable bonds is 8. The second-order valence-electron chi connectivity index (χ2n) is 4.51. The van der Waals surface area contributed by atoms with Crippen molar-refractivity contribution < 1.29 is 24.6 Å². The highest BCUT2D eigenvalue weighted by molar-refractivity contribution is 5.85. The molecule has 0 saturated carbocycles. The highest BCUT2D eigenvalue weighted by Gasteiger charge is 2.24. The molecule has 1 unspecified atom stereocenters. The quantitative estimate of drug-likeness (QED) is 0.531. The summed E-state index contributed by atoms with van der Waals surface area (Å²) in [6.07, 6.45) is 3.03. The van der Waals surface area contributed by atoms with Gasteiger partial charge in [-0.2, -0.15) is 0 Å². The number of nitrogens with one attached hydrogen (secondary N) is 2. The van der Waals surface area contributed by atoms with Gasteiger partial charge >= 0.3 is 11.9 Å². The Morgan fingerprint density at radius 1 is 1.40 bits per heavy atom. The lowest BCUT2D eigenvalue weighted by molar-refractivity contribution is -0.143. The van der Waals surface area contributed by atoms with Gasteiger partial charge in [-0.05, 0) is 6.42 Å². The van der Waals surface area contributed by atoms with E-state index in [1.54, 1.807) is 6.92 Å². The van der Waals surface area contributed by atoms with Gasteiger partial charge in [0.05, 0.1) is 6.33 Å². The topological polar surface area (TPSA) is 132 Å². The third-order valence-electron chi connectivity index (χ3n) is 2.83. The number of carbonyl (C=O) groups is 3. The number of aliphatic carboxylic acids is 2. The number of amides is 1. The maximum Gasteiger partial charge on any atom is 0.326 e. The van der Waals surface area contributed by atoms with E-state index in [2.05, 4.69) is 15.3 Å². The molecule has 2 atom stereocenters. The Morgan fingerprint density at radius 3 is 2.60 bits per heavy atom. The van der Waals surface area contributed by atoms with Crippen LogP contribution in [-0.4, -0.2) is 44.1 Å². The molecule has 8 nitrogen and oxygen atoms in total. The molecule has 0 radical (unpaired) electrons. The Hall–Kier alpha value is -2.38. The first-order chi connectivity index (χ1) is 9.40. The van der Waals surface area contributed by atoms with Crippen LogP contribution in [0, 0.1) is 5.92 Å². The van der Waals surface area contributed by atoms with E-state index in [9.17, 15) is 14.4 Å². The fraction of sp³-hybridized carbons (Fsp3) is 0.500. The molecule has 0 bridgehead atoms. The number of carboxylic acid groups (broad SMARTS) is 2. The molecular formula is C12H17N3O5. The fourth-order valence-corrected chi connectivity index (χ4v) is 1.60. The summed E-state index contributed by atoms with van der Waals surface area (Å²) in [6.45, 7) is 1.56. The number of aromatic amines is 1. The normalized spacial score (nSPS) is 13.4. The Morgan fingerprint density at radius 2 is 2.10 bits per heavy atom. The molecule has 0 aliphatic heterocycles. The number of nitrogens with zero attached hydrogens (tertiary/aromatic N) is 1. The smallest absolute Gasteiger partial charge is 0.326 e. The third-order valence-corrected chi connectivity index (χ3v) is 2.83. The number of carbonyl (C=O) groups excluding carboxylic acids is 1. The summed E-state index contributed by atoms with van der Waals surface area (Å²) >= 11 is 0. The summed E-state index contributed by atoms with van der Waals surface area (Å²) in [5, 5.41) is 20.0. The lowest BCUT2D eigenvalue weighted by Gasteiger charge is -2.16. The molecule has 0 aromatic carbocycles. The highest BCUT2D eigenvalue weighted by atomic mass is 16.4. The van der Waals surface area contributed by atoms with Gasteiger partial charge in [0.25, 0.3) is 0 Å². The van der Waals surface area contributed by atoms with Crippen molar-refractivity contribution in [1.29, 1.82) is 0 Å². The molecule has 0 aliphatic carbocycles. The van der Waals surface area contributed by atoms with Gasteiger partial charge in [0.15, 0.2) is 0 Å². The van der Waals surface area contributed by atoms with Gasteiger partial charge in [-0.15, -0.1) is 0 Å². The van der Waals surface area contributed by atoms with Gasteiger partial charge < -0.3 is 20.5 Å². The van der Waals surface area contributed by atoms with Crippen LogP contribution in [0.4, 0.5) is 0 Å². The van der Waals surface area contributed by atoms with Gasteiger partial charge in [-0.25, -0.2) is 9.78 Å². The van der Waals surface area contributed by atoms with Crippen molar-refractivity contribution in [2.75, 3.05) is 0 Å². The Bertz CT molecular complexity index is 471. The van der Waals surface area contributed by atoms with Crippen molar-refractivity contribution in [3.63, 3.8) is 0 Å². The van der Waals surface area contributed by atoms with Gasteiger partial charge in [0, 0.05) is 30.7 Å². The van der Waals surface area contributed by atoms with Crippen LogP contribution in [0.2, 0.25) is 0 Å². The van der Waals surface area contributed by atoms with Crippen LogP contribution in [0.25, 0.3) is 0 Å². The molecule has 1 aromatic rings. The number of H-pyrrole nitrogens is 1. The average molecular weight is 283 g/mol. The largest absolute Gasteiger partial charge is 0.481 e. The van der Waals surface area contributed by atoms with Crippen LogP contribution in [0.3, 0.4) is 0 Å².